The van der Waals surface area contributed by atoms with E-state index in [0.717, 1.165) is 11.3 Å². The molecule has 0 spiro atoms. The summed E-state index contributed by atoms with van der Waals surface area (Å²) < 4.78 is 1.65. The summed E-state index contributed by atoms with van der Waals surface area (Å²) >= 11 is 0. The first-order chi connectivity index (χ1) is 10.2. The molecule has 0 unspecified atom stereocenters. The Morgan fingerprint density at radius 1 is 1.14 bits per heavy atom. The second-order valence-corrected chi connectivity index (χ2v) is 4.49. The molecule has 1 N–H and O–H groups in total. The van der Waals surface area contributed by atoms with E-state index in [4.69, 9.17) is 0 Å². The van der Waals surface area contributed by atoms with Crippen LogP contribution in [0, 0.1) is 0 Å². The van der Waals surface area contributed by atoms with Crippen LogP contribution < -0.4 is 5.32 Å². The molecular formula is C15H13N5O. The highest BCUT2D eigenvalue weighted by Crippen LogP contribution is 2.16. The fraction of sp³-hybridized carbons (Fsp3) is 0.0667. The van der Waals surface area contributed by atoms with E-state index in [0.29, 0.717) is 11.5 Å². The Hall–Kier alpha value is -3.02. The zero-order valence-corrected chi connectivity index (χ0v) is 11.4. The molecule has 0 bridgehead atoms. The average Bonchev–Trinajstić information content (AvgIpc) is 2.95. The molecule has 6 heteroatoms. The molecule has 0 aliphatic carbocycles. The summed E-state index contributed by atoms with van der Waals surface area (Å²) in [6.07, 6.45) is 6.50. The van der Waals surface area contributed by atoms with E-state index in [-0.39, 0.29) is 5.91 Å². The number of carbonyl (C=O) groups is 1. The fourth-order valence-corrected chi connectivity index (χ4v) is 1.91. The maximum absolute atomic E-state index is 12.0. The number of carbonyl (C=O) groups excluding carboxylic acids is 1. The maximum Gasteiger partial charge on any atom is 0.275 e. The van der Waals surface area contributed by atoms with Gasteiger partial charge in [-0.15, -0.1) is 0 Å². The molecule has 3 aromatic rings. The normalized spacial score (nSPS) is 10.3. The van der Waals surface area contributed by atoms with Crippen LogP contribution in [-0.2, 0) is 7.05 Å². The van der Waals surface area contributed by atoms with Gasteiger partial charge in [0.2, 0.25) is 0 Å². The summed E-state index contributed by atoms with van der Waals surface area (Å²) in [5.41, 5.74) is 2.22. The van der Waals surface area contributed by atoms with Gasteiger partial charge in [0.05, 0.1) is 18.2 Å². The number of aryl methyl sites for hydroxylation is 1. The third-order valence-corrected chi connectivity index (χ3v) is 3.02. The van der Waals surface area contributed by atoms with Gasteiger partial charge < -0.3 is 9.88 Å². The fourth-order valence-electron chi connectivity index (χ4n) is 1.91. The summed E-state index contributed by atoms with van der Waals surface area (Å²) in [6.45, 7) is 0. The molecule has 0 aliphatic rings. The van der Waals surface area contributed by atoms with Crippen molar-refractivity contribution in [1.82, 2.24) is 19.5 Å². The zero-order valence-electron chi connectivity index (χ0n) is 11.4. The predicted molar refractivity (Wildman–Crippen MR) is 78.6 cm³/mol. The van der Waals surface area contributed by atoms with Crippen LogP contribution in [0.3, 0.4) is 0 Å². The largest absolute Gasteiger partial charge is 0.330 e. The molecular weight excluding hydrogens is 266 g/mol. The Morgan fingerprint density at radius 2 is 2.05 bits per heavy atom. The highest BCUT2D eigenvalue weighted by Gasteiger charge is 2.10. The van der Waals surface area contributed by atoms with Gasteiger partial charge in [-0.3, -0.25) is 9.78 Å². The Bertz CT molecular complexity index is 749. The van der Waals surface area contributed by atoms with E-state index in [2.05, 4.69) is 20.3 Å². The summed E-state index contributed by atoms with van der Waals surface area (Å²) in [5, 5.41) is 2.73. The van der Waals surface area contributed by atoms with Crippen molar-refractivity contribution in [1.29, 1.82) is 0 Å². The first-order valence-electron chi connectivity index (χ1n) is 6.39. The van der Waals surface area contributed by atoms with Crippen molar-refractivity contribution in [3.8, 4) is 11.3 Å². The van der Waals surface area contributed by atoms with Crippen LogP contribution in [0.25, 0.3) is 11.3 Å². The summed E-state index contributed by atoms with van der Waals surface area (Å²) in [5.74, 6) is 0.244. The van der Waals surface area contributed by atoms with Crippen LogP contribution in [0.1, 0.15) is 10.5 Å². The van der Waals surface area contributed by atoms with Gasteiger partial charge in [-0.25, -0.2) is 9.97 Å². The van der Waals surface area contributed by atoms with Gasteiger partial charge >= 0.3 is 0 Å². The Balaban J connectivity index is 1.76. The minimum atomic E-state index is -0.243. The lowest BCUT2D eigenvalue weighted by Gasteiger charge is -2.05. The number of amides is 1. The molecule has 0 radical (unpaired) electrons. The smallest absolute Gasteiger partial charge is 0.275 e. The van der Waals surface area contributed by atoms with Crippen LogP contribution in [0.2, 0.25) is 0 Å². The van der Waals surface area contributed by atoms with Crippen molar-refractivity contribution < 1.29 is 4.79 Å². The Kier molecular flexibility index (Phi) is 3.42. The van der Waals surface area contributed by atoms with Crippen molar-refractivity contribution in [2.75, 3.05) is 5.32 Å². The molecule has 3 rings (SSSR count). The van der Waals surface area contributed by atoms with E-state index in [1.54, 1.807) is 36.4 Å². The number of hydrogen-bond donors (Lipinski definition) is 1. The standard InChI is InChI=1S/C15H13N5O/c1-20-10-16-9-13(20)15(21)19-14-6-5-11(8-18-14)12-4-2-3-7-17-12/h2-10H,1H3,(H,18,19,21). The van der Waals surface area contributed by atoms with Crippen LogP contribution in [0.5, 0.6) is 0 Å². The molecule has 21 heavy (non-hydrogen) atoms. The summed E-state index contributed by atoms with van der Waals surface area (Å²) in [7, 11) is 1.76. The van der Waals surface area contributed by atoms with Gasteiger partial charge in [0.1, 0.15) is 11.5 Å². The first-order valence-corrected chi connectivity index (χ1v) is 6.39. The van der Waals surface area contributed by atoms with Crippen LogP contribution in [0.4, 0.5) is 5.82 Å². The van der Waals surface area contributed by atoms with Crippen molar-refractivity contribution in [3.05, 3.63) is 60.9 Å². The Morgan fingerprint density at radius 3 is 2.67 bits per heavy atom. The van der Waals surface area contributed by atoms with Gasteiger partial charge in [0, 0.05) is 25.0 Å². The number of nitrogens with zero attached hydrogens (tertiary/aromatic N) is 4. The SMILES string of the molecule is Cn1cncc1C(=O)Nc1ccc(-c2ccccn2)cn1. The molecule has 0 fully saturated rings. The number of imidazole rings is 1. The van der Waals surface area contributed by atoms with E-state index in [1.807, 2.05) is 24.3 Å². The van der Waals surface area contributed by atoms with E-state index in [1.165, 1.54) is 6.20 Å². The van der Waals surface area contributed by atoms with Crippen LogP contribution in [-0.4, -0.2) is 25.4 Å². The third-order valence-electron chi connectivity index (χ3n) is 3.02. The van der Waals surface area contributed by atoms with E-state index in [9.17, 15) is 4.79 Å². The molecule has 0 aliphatic heterocycles. The van der Waals surface area contributed by atoms with Gasteiger partial charge in [0.25, 0.3) is 5.91 Å². The number of anilines is 1. The van der Waals surface area contributed by atoms with E-state index >= 15 is 0 Å². The molecule has 1 amide bonds. The molecule has 0 atom stereocenters. The minimum absolute atomic E-state index is 0.243. The molecule has 0 aromatic carbocycles. The minimum Gasteiger partial charge on any atom is -0.330 e. The molecule has 3 heterocycles. The molecule has 104 valence electrons. The second kappa shape index (κ2) is 5.54. The van der Waals surface area contributed by atoms with Gasteiger partial charge in [-0.2, -0.15) is 0 Å². The predicted octanol–water partition coefficient (Wildman–Crippen LogP) is 2.13. The van der Waals surface area contributed by atoms with Crippen molar-refractivity contribution in [2.45, 2.75) is 0 Å². The number of nitrogens with one attached hydrogen (secondary N) is 1. The van der Waals surface area contributed by atoms with Gasteiger partial charge in [0.15, 0.2) is 0 Å². The average molecular weight is 279 g/mol. The number of hydrogen-bond acceptors (Lipinski definition) is 4. The highest BCUT2D eigenvalue weighted by atomic mass is 16.2. The quantitative estimate of drug-likeness (QED) is 0.797. The topological polar surface area (TPSA) is 72.7 Å². The van der Waals surface area contributed by atoms with Gasteiger partial charge in [-0.05, 0) is 24.3 Å². The number of rotatable bonds is 3. The number of pyridine rings is 2. The lowest BCUT2D eigenvalue weighted by Crippen LogP contribution is -2.16. The maximum atomic E-state index is 12.0. The summed E-state index contributed by atoms with van der Waals surface area (Å²) in [6, 6.07) is 9.30. The lowest BCUT2D eigenvalue weighted by molar-refractivity contribution is 0.101. The second-order valence-electron chi connectivity index (χ2n) is 4.49. The van der Waals surface area contributed by atoms with Crippen molar-refractivity contribution in [2.24, 2.45) is 7.05 Å². The molecule has 0 saturated carbocycles. The van der Waals surface area contributed by atoms with Crippen molar-refractivity contribution >= 4 is 11.7 Å². The van der Waals surface area contributed by atoms with Crippen LogP contribution in [0.15, 0.2) is 55.2 Å². The first kappa shape index (κ1) is 13.0. The van der Waals surface area contributed by atoms with E-state index < -0.39 is 0 Å². The Labute approximate surface area is 121 Å². The molecule has 6 nitrogen and oxygen atoms in total. The summed E-state index contributed by atoms with van der Waals surface area (Å²) in [4.78, 5) is 24.4. The third kappa shape index (κ3) is 2.79. The van der Waals surface area contributed by atoms with Crippen molar-refractivity contribution in [3.63, 3.8) is 0 Å². The highest BCUT2D eigenvalue weighted by molar-refractivity contribution is 6.02. The van der Waals surface area contributed by atoms with Crippen LogP contribution >= 0.6 is 0 Å². The molecule has 0 saturated heterocycles. The monoisotopic (exact) mass is 279 g/mol. The van der Waals surface area contributed by atoms with Gasteiger partial charge in [-0.1, -0.05) is 6.07 Å². The lowest BCUT2D eigenvalue weighted by atomic mass is 10.2. The zero-order chi connectivity index (χ0) is 14.7. The number of aromatic nitrogens is 4. The molecule has 3 aromatic heterocycles.